The first-order valence-electron chi connectivity index (χ1n) is 9.61. The summed E-state index contributed by atoms with van der Waals surface area (Å²) in [4.78, 5) is 20.7. The van der Waals surface area contributed by atoms with Crippen molar-refractivity contribution >= 4 is 11.8 Å². The fourth-order valence-electron chi connectivity index (χ4n) is 3.24. The first-order chi connectivity index (χ1) is 14.2. The number of ether oxygens (including phenoxy) is 3. The highest BCUT2D eigenvalue weighted by molar-refractivity contribution is 5.73. The summed E-state index contributed by atoms with van der Waals surface area (Å²) in [5, 5.41) is 3.25. The number of hydrogen-bond donors (Lipinski definition) is 1. The molecule has 1 atom stereocenters. The van der Waals surface area contributed by atoms with Gasteiger partial charge in [-0.3, -0.25) is 4.79 Å². The largest absolute Gasteiger partial charge is 0.469 e. The summed E-state index contributed by atoms with van der Waals surface area (Å²) in [6, 6.07) is 5.86. The highest BCUT2D eigenvalue weighted by atomic mass is 19.3. The Morgan fingerprint density at radius 2 is 2.03 bits per heavy atom. The van der Waals surface area contributed by atoms with Crippen LogP contribution >= 0.6 is 0 Å². The van der Waals surface area contributed by atoms with Crippen molar-refractivity contribution in [2.45, 2.75) is 45.4 Å². The van der Waals surface area contributed by atoms with E-state index >= 15 is 0 Å². The zero-order valence-corrected chi connectivity index (χ0v) is 17.4. The molecule has 0 amide bonds. The number of halogens is 2. The van der Waals surface area contributed by atoms with Crippen molar-refractivity contribution in [2.75, 3.05) is 25.6 Å². The monoisotopic (exact) mass is 421 g/mol. The number of esters is 1. The molecule has 0 aliphatic carbocycles. The Kier molecular flexibility index (Phi) is 6.62. The molecule has 1 aliphatic rings. The summed E-state index contributed by atoms with van der Waals surface area (Å²) >= 11 is 0. The normalized spacial score (nSPS) is 15.8. The van der Waals surface area contributed by atoms with Gasteiger partial charge >= 0.3 is 5.97 Å². The number of nitrogens with zero attached hydrogens (tertiary/aromatic N) is 2. The molecular weight excluding hydrogens is 396 g/mol. The summed E-state index contributed by atoms with van der Waals surface area (Å²) in [7, 11) is 1.30. The Hall–Kier alpha value is -2.65. The first-order valence-corrected chi connectivity index (χ1v) is 9.61. The van der Waals surface area contributed by atoms with Crippen molar-refractivity contribution in [1.82, 2.24) is 9.97 Å². The maximum atomic E-state index is 13.7. The van der Waals surface area contributed by atoms with Crippen molar-refractivity contribution in [3.8, 4) is 0 Å². The number of nitrogens with one attached hydrogen (secondary N) is 1. The molecule has 2 aromatic rings. The van der Waals surface area contributed by atoms with Gasteiger partial charge in [0, 0.05) is 18.5 Å². The van der Waals surface area contributed by atoms with Gasteiger partial charge in [0.15, 0.2) is 6.29 Å². The second-order valence-corrected chi connectivity index (χ2v) is 7.19. The van der Waals surface area contributed by atoms with Gasteiger partial charge in [0.05, 0.1) is 38.0 Å². The van der Waals surface area contributed by atoms with Crippen molar-refractivity contribution in [3.63, 3.8) is 0 Å². The molecule has 1 fully saturated rings. The molecule has 9 heteroatoms. The number of aromatic nitrogens is 2. The van der Waals surface area contributed by atoms with Crippen LogP contribution in [-0.2, 0) is 31.3 Å². The van der Waals surface area contributed by atoms with E-state index in [2.05, 4.69) is 15.3 Å². The lowest BCUT2D eigenvalue weighted by molar-refractivity contribution is -0.139. The van der Waals surface area contributed by atoms with Crippen LogP contribution in [0.1, 0.15) is 54.4 Å². The van der Waals surface area contributed by atoms with Gasteiger partial charge in [-0.1, -0.05) is 18.2 Å². The Balaban J connectivity index is 1.97. The molecule has 0 spiro atoms. The van der Waals surface area contributed by atoms with Crippen molar-refractivity contribution < 1.29 is 27.8 Å². The molecule has 162 valence electrons. The maximum Gasteiger partial charge on any atom is 0.311 e. The summed E-state index contributed by atoms with van der Waals surface area (Å²) in [5.41, 5.74) is 1.54. The van der Waals surface area contributed by atoms with Crippen LogP contribution in [0.2, 0.25) is 0 Å². The molecule has 1 saturated heterocycles. The van der Waals surface area contributed by atoms with E-state index in [1.165, 1.54) is 19.2 Å². The minimum atomic E-state index is -2.94. The van der Waals surface area contributed by atoms with Gasteiger partial charge in [-0.25, -0.2) is 18.7 Å². The minimum Gasteiger partial charge on any atom is -0.469 e. The topological polar surface area (TPSA) is 82.6 Å². The number of alkyl halides is 2. The highest BCUT2D eigenvalue weighted by Crippen LogP contribution is 2.34. The van der Waals surface area contributed by atoms with Crippen LogP contribution in [0, 0.1) is 6.92 Å². The van der Waals surface area contributed by atoms with Crippen LogP contribution < -0.4 is 5.32 Å². The predicted octanol–water partition coefficient (Wildman–Crippen LogP) is 3.83. The number of hydrogen-bond acceptors (Lipinski definition) is 7. The summed E-state index contributed by atoms with van der Waals surface area (Å²) in [6.07, 6.45) is -0.801. The van der Waals surface area contributed by atoms with E-state index in [0.717, 1.165) is 6.92 Å². The van der Waals surface area contributed by atoms with Gasteiger partial charge in [0.1, 0.15) is 11.6 Å². The summed E-state index contributed by atoms with van der Waals surface area (Å²) < 4.78 is 43.5. The molecule has 2 heterocycles. The number of aryl methyl sites for hydroxylation is 1. The maximum absolute atomic E-state index is 13.7. The fourth-order valence-corrected chi connectivity index (χ4v) is 3.24. The van der Waals surface area contributed by atoms with Gasteiger partial charge in [0.2, 0.25) is 0 Å². The van der Waals surface area contributed by atoms with Gasteiger partial charge < -0.3 is 19.5 Å². The third kappa shape index (κ3) is 5.09. The van der Waals surface area contributed by atoms with Crippen LogP contribution in [0.5, 0.6) is 0 Å². The van der Waals surface area contributed by atoms with E-state index in [0.29, 0.717) is 41.7 Å². The van der Waals surface area contributed by atoms with Crippen molar-refractivity contribution in [1.29, 1.82) is 0 Å². The molecule has 7 nitrogen and oxygen atoms in total. The Morgan fingerprint density at radius 1 is 1.33 bits per heavy atom. The molecular formula is C21H25F2N3O4. The molecule has 0 unspecified atom stereocenters. The molecule has 1 aromatic carbocycles. The molecule has 0 saturated carbocycles. The number of rotatable bonds is 7. The lowest BCUT2D eigenvalue weighted by Gasteiger charge is -2.22. The van der Waals surface area contributed by atoms with E-state index in [1.54, 1.807) is 19.1 Å². The van der Waals surface area contributed by atoms with Crippen LogP contribution in [-0.4, -0.2) is 36.3 Å². The number of carbonyl (C=O) groups is 1. The smallest absolute Gasteiger partial charge is 0.311 e. The van der Waals surface area contributed by atoms with Gasteiger partial charge in [0.25, 0.3) is 5.92 Å². The number of benzene rings is 1. The Bertz CT molecular complexity index is 912. The van der Waals surface area contributed by atoms with E-state index in [-0.39, 0.29) is 18.0 Å². The molecule has 1 aliphatic heterocycles. The average molecular weight is 421 g/mol. The van der Waals surface area contributed by atoms with Gasteiger partial charge in [-0.15, -0.1) is 0 Å². The van der Waals surface area contributed by atoms with Crippen molar-refractivity contribution in [2.24, 2.45) is 0 Å². The predicted molar refractivity (Wildman–Crippen MR) is 105 cm³/mol. The molecule has 3 rings (SSSR count). The number of methoxy groups -OCH3 is 1. The zero-order chi connectivity index (χ0) is 21.9. The molecule has 0 bridgehead atoms. The van der Waals surface area contributed by atoms with Crippen LogP contribution in [0.25, 0.3) is 0 Å². The third-order valence-corrected chi connectivity index (χ3v) is 4.78. The second kappa shape index (κ2) is 9.01. The third-order valence-electron chi connectivity index (χ3n) is 4.78. The number of anilines is 1. The second-order valence-electron chi connectivity index (χ2n) is 7.19. The lowest BCUT2D eigenvalue weighted by atomic mass is 10.0. The van der Waals surface area contributed by atoms with Crippen LogP contribution in [0.4, 0.5) is 14.6 Å². The molecule has 30 heavy (non-hydrogen) atoms. The minimum absolute atomic E-state index is 0.0680. The Morgan fingerprint density at radius 3 is 2.67 bits per heavy atom. The van der Waals surface area contributed by atoms with E-state index in [1.807, 2.05) is 6.92 Å². The van der Waals surface area contributed by atoms with E-state index in [4.69, 9.17) is 14.2 Å². The lowest BCUT2D eigenvalue weighted by Crippen LogP contribution is -2.19. The summed E-state index contributed by atoms with van der Waals surface area (Å²) in [5.74, 6) is -2.52. The fraction of sp³-hybridized carbons (Fsp3) is 0.476. The van der Waals surface area contributed by atoms with Crippen LogP contribution in [0.15, 0.2) is 24.3 Å². The number of carbonyl (C=O) groups excluding carboxylic acids is 1. The highest BCUT2D eigenvalue weighted by Gasteiger charge is 2.29. The molecule has 1 aromatic heterocycles. The SMILES string of the molecule is COC(=O)Cc1nc(C)nc(N[C@H](C)c2cccc(C(C)(F)F)c2)c1C1OCCO1. The van der Waals surface area contributed by atoms with E-state index in [9.17, 15) is 13.6 Å². The molecule has 1 N–H and O–H groups in total. The standard InChI is InChI=1S/C21H25F2N3O4/c1-12(14-6-5-7-15(10-14)21(3,22)23)24-19-18(20-29-8-9-30-20)16(11-17(27)28-4)25-13(2)26-19/h5-7,10,12,20H,8-9,11H2,1-4H3,(H,24,25,26)/t12-/m1/s1. The van der Waals surface area contributed by atoms with Crippen molar-refractivity contribution in [3.05, 3.63) is 52.5 Å². The van der Waals surface area contributed by atoms with Gasteiger partial charge in [-0.2, -0.15) is 0 Å². The molecule has 0 radical (unpaired) electrons. The van der Waals surface area contributed by atoms with E-state index < -0.39 is 18.2 Å². The van der Waals surface area contributed by atoms with Gasteiger partial charge in [-0.05, 0) is 25.5 Å². The quantitative estimate of drug-likeness (QED) is 0.681. The first kappa shape index (κ1) is 22.0. The zero-order valence-electron chi connectivity index (χ0n) is 17.4. The Labute approximate surface area is 173 Å². The van der Waals surface area contributed by atoms with Crippen LogP contribution in [0.3, 0.4) is 0 Å². The average Bonchev–Trinajstić information content (AvgIpc) is 3.21. The summed E-state index contributed by atoms with van der Waals surface area (Å²) in [6.45, 7) is 5.21.